The first-order valence-corrected chi connectivity index (χ1v) is 8.51. The van der Waals surface area contributed by atoms with Crippen molar-refractivity contribution >= 4 is 11.8 Å². The maximum Gasteiger partial charge on any atom is 0.251 e. The smallest absolute Gasteiger partial charge is 0.251 e. The Morgan fingerprint density at radius 2 is 1.86 bits per heavy atom. The number of hydrogen-bond acceptors (Lipinski definition) is 4. The maximum absolute atomic E-state index is 12.8. The fraction of sp³-hybridized carbons (Fsp3) is 0.875. The quantitative estimate of drug-likeness (QED) is 0.793. The second kappa shape index (κ2) is 6.54. The van der Waals surface area contributed by atoms with Gasteiger partial charge in [0.05, 0.1) is 5.41 Å². The van der Waals surface area contributed by atoms with Gasteiger partial charge in [0.2, 0.25) is 5.91 Å². The zero-order chi connectivity index (χ0) is 15.6. The third-order valence-corrected chi connectivity index (χ3v) is 5.20. The van der Waals surface area contributed by atoms with Crippen molar-refractivity contribution in [1.82, 2.24) is 15.1 Å². The number of rotatable bonds is 2. The predicted molar refractivity (Wildman–Crippen MR) is 82.3 cm³/mol. The molecule has 0 aromatic carbocycles. The summed E-state index contributed by atoms with van der Waals surface area (Å²) in [7, 11) is 0. The molecule has 22 heavy (non-hydrogen) atoms. The number of piperazine rings is 1. The number of nitrogens with one attached hydrogen (secondary N) is 1. The van der Waals surface area contributed by atoms with Crippen LogP contribution in [0.1, 0.15) is 32.6 Å². The van der Waals surface area contributed by atoms with Gasteiger partial charge in [-0.15, -0.1) is 0 Å². The molecule has 1 N–H and O–H groups in total. The van der Waals surface area contributed by atoms with Crippen LogP contribution in [0.15, 0.2) is 0 Å². The third-order valence-electron chi connectivity index (χ3n) is 5.20. The third kappa shape index (κ3) is 3.13. The minimum absolute atomic E-state index is 0.107. The van der Waals surface area contributed by atoms with Crippen LogP contribution >= 0.6 is 0 Å². The van der Waals surface area contributed by atoms with Crippen molar-refractivity contribution < 1.29 is 14.3 Å². The van der Waals surface area contributed by atoms with E-state index in [0.717, 1.165) is 38.8 Å². The van der Waals surface area contributed by atoms with Crippen LogP contribution in [0.5, 0.6) is 0 Å². The molecule has 6 heteroatoms. The van der Waals surface area contributed by atoms with Crippen LogP contribution in [-0.4, -0.2) is 73.6 Å². The van der Waals surface area contributed by atoms with Gasteiger partial charge in [0.15, 0.2) is 0 Å². The van der Waals surface area contributed by atoms with Crippen LogP contribution in [0.3, 0.4) is 0 Å². The summed E-state index contributed by atoms with van der Waals surface area (Å²) in [6, 6.07) is 0. The van der Waals surface area contributed by atoms with Crippen LogP contribution in [0, 0.1) is 5.41 Å². The summed E-state index contributed by atoms with van der Waals surface area (Å²) < 4.78 is 5.47. The highest BCUT2D eigenvalue weighted by Crippen LogP contribution is 2.28. The second-order valence-corrected chi connectivity index (χ2v) is 6.96. The minimum Gasteiger partial charge on any atom is -0.368 e. The summed E-state index contributed by atoms with van der Waals surface area (Å²) in [5.41, 5.74) is -0.279. The lowest BCUT2D eigenvalue weighted by molar-refractivity contribution is -0.150. The molecule has 0 radical (unpaired) electrons. The molecule has 3 heterocycles. The van der Waals surface area contributed by atoms with Gasteiger partial charge in [0.25, 0.3) is 5.91 Å². The lowest BCUT2D eigenvalue weighted by Crippen LogP contribution is -2.57. The number of carbonyl (C=O) groups excluding carboxylic acids is 2. The van der Waals surface area contributed by atoms with E-state index in [9.17, 15) is 9.59 Å². The summed E-state index contributed by atoms with van der Waals surface area (Å²) >= 11 is 0. The second-order valence-electron chi connectivity index (χ2n) is 6.96. The number of hydrogen-bond donors (Lipinski definition) is 1. The molecule has 3 rings (SSSR count). The van der Waals surface area contributed by atoms with Gasteiger partial charge in [0, 0.05) is 39.3 Å². The van der Waals surface area contributed by atoms with Crippen LogP contribution in [0.4, 0.5) is 0 Å². The largest absolute Gasteiger partial charge is 0.368 e. The molecule has 0 aromatic heterocycles. The van der Waals surface area contributed by atoms with Crippen LogP contribution in [0.2, 0.25) is 0 Å². The molecule has 0 saturated carbocycles. The topological polar surface area (TPSA) is 61.9 Å². The zero-order valence-electron chi connectivity index (χ0n) is 13.5. The molecule has 124 valence electrons. The van der Waals surface area contributed by atoms with E-state index in [1.54, 1.807) is 0 Å². The van der Waals surface area contributed by atoms with Gasteiger partial charge in [-0.25, -0.2) is 0 Å². The summed E-state index contributed by atoms with van der Waals surface area (Å²) in [6.45, 7) is 7.08. The van der Waals surface area contributed by atoms with Crippen LogP contribution < -0.4 is 5.32 Å². The highest BCUT2D eigenvalue weighted by molar-refractivity contribution is 5.84. The van der Waals surface area contributed by atoms with Gasteiger partial charge in [0.1, 0.15) is 6.10 Å². The first-order chi connectivity index (χ1) is 10.6. The average Bonchev–Trinajstić information content (AvgIpc) is 3.09. The minimum atomic E-state index is -0.279. The molecule has 2 amide bonds. The Bertz CT molecular complexity index is 420. The molecule has 6 nitrogen and oxygen atoms in total. The summed E-state index contributed by atoms with van der Waals surface area (Å²) in [5.74, 6) is 0.346. The molecule has 0 aliphatic carbocycles. The Morgan fingerprint density at radius 1 is 1.14 bits per heavy atom. The molecular formula is C16H27N3O3. The summed E-state index contributed by atoms with van der Waals surface area (Å²) in [5, 5.41) is 3.33. The molecule has 3 saturated heterocycles. The van der Waals surface area contributed by atoms with Gasteiger partial charge in [-0.1, -0.05) is 0 Å². The maximum atomic E-state index is 12.8. The van der Waals surface area contributed by atoms with Crippen molar-refractivity contribution in [3.8, 4) is 0 Å². The molecule has 0 bridgehead atoms. The molecule has 2 unspecified atom stereocenters. The Hall–Kier alpha value is -1.14. The number of carbonyl (C=O) groups is 2. The normalized spacial score (nSPS) is 33.0. The van der Waals surface area contributed by atoms with Crippen molar-refractivity contribution in [3.05, 3.63) is 0 Å². The standard InChI is InChI=1S/C16H27N3O3/c1-16(5-3-6-17-12-16)15(21)19-9-7-18(8-10-19)14(20)13-4-2-11-22-13/h13,17H,2-12H2,1H3. The van der Waals surface area contributed by atoms with E-state index >= 15 is 0 Å². The lowest BCUT2D eigenvalue weighted by Gasteiger charge is -2.41. The van der Waals surface area contributed by atoms with E-state index in [4.69, 9.17) is 4.74 Å². The number of nitrogens with zero attached hydrogens (tertiary/aromatic N) is 2. The molecule has 0 spiro atoms. The molecule has 2 atom stereocenters. The number of piperidine rings is 1. The van der Waals surface area contributed by atoms with Crippen molar-refractivity contribution in [2.75, 3.05) is 45.9 Å². The predicted octanol–water partition coefficient (Wildman–Crippen LogP) is 0.226. The van der Waals surface area contributed by atoms with Gasteiger partial charge >= 0.3 is 0 Å². The fourth-order valence-electron chi connectivity index (χ4n) is 3.73. The van der Waals surface area contributed by atoms with Crippen molar-refractivity contribution in [1.29, 1.82) is 0 Å². The van der Waals surface area contributed by atoms with E-state index in [-0.39, 0.29) is 23.3 Å². The van der Waals surface area contributed by atoms with Gasteiger partial charge in [-0.05, 0) is 39.2 Å². The first-order valence-electron chi connectivity index (χ1n) is 8.51. The highest BCUT2D eigenvalue weighted by Gasteiger charge is 2.39. The molecular weight excluding hydrogens is 282 g/mol. The van der Waals surface area contributed by atoms with Gasteiger partial charge < -0.3 is 19.9 Å². The lowest BCUT2D eigenvalue weighted by atomic mass is 9.81. The van der Waals surface area contributed by atoms with E-state index < -0.39 is 0 Å². The van der Waals surface area contributed by atoms with Crippen molar-refractivity contribution in [2.45, 2.75) is 38.7 Å². The average molecular weight is 309 g/mol. The molecule has 3 aliphatic heterocycles. The number of amides is 2. The SMILES string of the molecule is CC1(C(=O)N2CCN(C(=O)C3CCCO3)CC2)CCCNC1. The Labute approximate surface area is 132 Å². The summed E-state index contributed by atoms with van der Waals surface area (Å²) in [6.07, 6.45) is 3.57. The Morgan fingerprint density at radius 3 is 2.45 bits per heavy atom. The van der Waals surface area contributed by atoms with Crippen molar-refractivity contribution in [3.63, 3.8) is 0 Å². The molecule has 3 fully saturated rings. The first kappa shape index (κ1) is 15.7. The highest BCUT2D eigenvalue weighted by atomic mass is 16.5. The van der Waals surface area contributed by atoms with E-state index in [2.05, 4.69) is 12.2 Å². The Kier molecular flexibility index (Phi) is 4.68. The van der Waals surface area contributed by atoms with Gasteiger partial charge in [-0.2, -0.15) is 0 Å². The van der Waals surface area contributed by atoms with Crippen molar-refractivity contribution in [2.24, 2.45) is 5.41 Å². The Balaban J connectivity index is 1.52. The van der Waals surface area contributed by atoms with Gasteiger partial charge in [-0.3, -0.25) is 9.59 Å². The summed E-state index contributed by atoms with van der Waals surface area (Å²) in [4.78, 5) is 28.9. The van der Waals surface area contributed by atoms with Crippen LogP contribution in [-0.2, 0) is 14.3 Å². The molecule has 3 aliphatic rings. The monoisotopic (exact) mass is 309 g/mol. The van der Waals surface area contributed by atoms with Crippen LogP contribution in [0.25, 0.3) is 0 Å². The number of ether oxygens (including phenoxy) is 1. The fourth-order valence-corrected chi connectivity index (χ4v) is 3.73. The van der Waals surface area contributed by atoms with E-state index in [1.807, 2.05) is 9.80 Å². The van der Waals surface area contributed by atoms with E-state index in [1.165, 1.54) is 0 Å². The van der Waals surface area contributed by atoms with E-state index in [0.29, 0.717) is 32.8 Å². The zero-order valence-corrected chi connectivity index (χ0v) is 13.5. The molecule has 0 aromatic rings.